The Bertz CT molecular complexity index is 667. The number of carbonyl (C=O) groups excluding carboxylic acids is 1. The van der Waals surface area contributed by atoms with Gasteiger partial charge in [-0.3, -0.25) is 9.69 Å². The first-order chi connectivity index (χ1) is 12.8. The molecule has 0 radical (unpaired) electrons. The molecule has 26 heavy (non-hydrogen) atoms. The summed E-state index contributed by atoms with van der Waals surface area (Å²) in [6, 6.07) is 10.3. The summed E-state index contributed by atoms with van der Waals surface area (Å²) >= 11 is 1.67. The van der Waals surface area contributed by atoms with Crippen molar-refractivity contribution in [2.75, 3.05) is 40.0 Å². The molecule has 140 valence electrons. The third kappa shape index (κ3) is 5.30. The first-order valence-corrected chi connectivity index (χ1v) is 9.94. The lowest BCUT2D eigenvalue weighted by Crippen LogP contribution is -2.43. The molecule has 2 aromatic rings. The molecule has 1 fully saturated rings. The summed E-state index contributed by atoms with van der Waals surface area (Å²) in [5.74, 6) is 0.942. The Morgan fingerprint density at radius 1 is 1.27 bits per heavy atom. The maximum Gasteiger partial charge on any atom is 0.220 e. The van der Waals surface area contributed by atoms with E-state index in [1.165, 1.54) is 11.1 Å². The first kappa shape index (κ1) is 18.9. The van der Waals surface area contributed by atoms with Crippen LogP contribution in [0.1, 0.15) is 23.6 Å². The molecular formula is C20H26N2O3S. The SMILES string of the molecule is COc1ccc([C@@H](CNC(=O)CCc2ccsc2)N2CCOCC2)cc1. The molecule has 5 nitrogen and oxygen atoms in total. The number of thiophene rings is 1. The molecule has 0 bridgehead atoms. The smallest absolute Gasteiger partial charge is 0.220 e. The van der Waals surface area contributed by atoms with Gasteiger partial charge in [-0.1, -0.05) is 12.1 Å². The van der Waals surface area contributed by atoms with E-state index in [-0.39, 0.29) is 11.9 Å². The Labute approximate surface area is 158 Å². The van der Waals surface area contributed by atoms with Gasteiger partial charge in [0.2, 0.25) is 5.91 Å². The number of benzene rings is 1. The summed E-state index contributed by atoms with van der Waals surface area (Å²) in [7, 11) is 1.67. The van der Waals surface area contributed by atoms with Gasteiger partial charge in [0.05, 0.1) is 26.4 Å². The van der Waals surface area contributed by atoms with Crippen molar-refractivity contribution in [1.29, 1.82) is 0 Å². The average Bonchev–Trinajstić information content (AvgIpc) is 3.21. The van der Waals surface area contributed by atoms with E-state index in [4.69, 9.17) is 9.47 Å². The molecule has 1 amide bonds. The van der Waals surface area contributed by atoms with E-state index in [0.717, 1.165) is 38.5 Å². The number of hydrogen-bond acceptors (Lipinski definition) is 5. The predicted molar refractivity (Wildman–Crippen MR) is 104 cm³/mol. The molecular weight excluding hydrogens is 348 g/mol. The van der Waals surface area contributed by atoms with Gasteiger partial charge in [-0.15, -0.1) is 0 Å². The van der Waals surface area contributed by atoms with E-state index in [0.29, 0.717) is 13.0 Å². The molecule has 0 saturated carbocycles. The van der Waals surface area contributed by atoms with Crippen molar-refractivity contribution < 1.29 is 14.3 Å². The van der Waals surface area contributed by atoms with Crippen molar-refractivity contribution in [3.8, 4) is 5.75 Å². The fourth-order valence-corrected chi connectivity index (χ4v) is 3.87. The van der Waals surface area contributed by atoms with Crippen molar-refractivity contribution in [2.24, 2.45) is 0 Å². The molecule has 1 N–H and O–H groups in total. The quantitative estimate of drug-likeness (QED) is 0.772. The van der Waals surface area contributed by atoms with Crippen molar-refractivity contribution in [3.63, 3.8) is 0 Å². The molecule has 0 spiro atoms. The maximum absolute atomic E-state index is 12.3. The highest BCUT2D eigenvalue weighted by Gasteiger charge is 2.23. The van der Waals surface area contributed by atoms with E-state index >= 15 is 0 Å². The number of rotatable bonds is 8. The van der Waals surface area contributed by atoms with Crippen LogP contribution in [0.25, 0.3) is 0 Å². The Kier molecular flexibility index (Phi) is 7.05. The lowest BCUT2D eigenvalue weighted by atomic mass is 10.0. The molecule has 6 heteroatoms. The second-order valence-electron chi connectivity index (χ2n) is 6.37. The highest BCUT2D eigenvalue weighted by Crippen LogP contribution is 2.23. The second-order valence-corrected chi connectivity index (χ2v) is 7.15. The van der Waals surface area contributed by atoms with Gasteiger partial charge < -0.3 is 14.8 Å². The Morgan fingerprint density at radius 2 is 2.04 bits per heavy atom. The van der Waals surface area contributed by atoms with E-state index < -0.39 is 0 Å². The van der Waals surface area contributed by atoms with Crippen LogP contribution >= 0.6 is 11.3 Å². The van der Waals surface area contributed by atoms with Crippen LogP contribution in [-0.2, 0) is 16.0 Å². The molecule has 2 heterocycles. The molecule has 1 aromatic carbocycles. The zero-order valence-electron chi connectivity index (χ0n) is 15.1. The van der Waals surface area contributed by atoms with Crippen LogP contribution in [0.4, 0.5) is 0 Å². The third-order valence-corrected chi connectivity index (χ3v) is 5.43. The molecule has 1 aliphatic heterocycles. The fraction of sp³-hybridized carbons (Fsp3) is 0.450. The zero-order chi connectivity index (χ0) is 18.2. The summed E-state index contributed by atoms with van der Waals surface area (Å²) in [5.41, 5.74) is 2.41. The third-order valence-electron chi connectivity index (χ3n) is 4.70. The molecule has 1 saturated heterocycles. The topological polar surface area (TPSA) is 50.8 Å². The molecule has 1 atom stereocenters. The number of hydrogen-bond donors (Lipinski definition) is 1. The number of aryl methyl sites for hydroxylation is 1. The van der Waals surface area contributed by atoms with Gasteiger partial charge in [0.25, 0.3) is 0 Å². The van der Waals surface area contributed by atoms with Gasteiger partial charge >= 0.3 is 0 Å². The average molecular weight is 375 g/mol. The van der Waals surface area contributed by atoms with E-state index in [2.05, 4.69) is 33.8 Å². The summed E-state index contributed by atoms with van der Waals surface area (Å²) in [6.07, 6.45) is 1.31. The molecule has 0 aliphatic carbocycles. The highest BCUT2D eigenvalue weighted by molar-refractivity contribution is 7.07. The number of methoxy groups -OCH3 is 1. The number of nitrogens with one attached hydrogen (secondary N) is 1. The van der Waals surface area contributed by atoms with E-state index in [9.17, 15) is 4.79 Å². The summed E-state index contributed by atoms with van der Waals surface area (Å²) in [4.78, 5) is 14.7. The van der Waals surface area contributed by atoms with E-state index in [1.54, 1.807) is 18.4 Å². The number of carbonyl (C=O) groups is 1. The number of ether oxygens (including phenoxy) is 2. The van der Waals surface area contributed by atoms with Crippen LogP contribution in [0.3, 0.4) is 0 Å². The van der Waals surface area contributed by atoms with Crippen LogP contribution in [-0.4, -0.2) is 50.8 Å². The summed E-state index contributed by atoms with van der Waals surface area (Å²) in [6.45, 7) is 3.83. The van der Waals surface area contributed by atoms with Gasteiger partial charge in [-0.2, -0.15) is 11.3 Å². The Morgan fingerprint density at radius 3 is 2.69 bits per heavy atom. The lowest BCUT2D eigenvalue weighted by Gasteiger charge is -2.35. The predicted octanol–water partition coefficient (Wildman–Crippen LogP) is 2.88. The van der Waals surface area contributed by atoms with Crippen LogP contribution in [0.5, 0.6) is 5.75 Å². The molecule has 3 rings (SSSR count). The van der Waals surface area contributed by atoms with Crippen molar-refractivity contribution in [2.45, 2.75) is 18.9 Å². The molecule has 1 aliphatic rings. The highest BCUT2D eigenvalue weighted by atomic mass is 32.1. The monoisotopic (exact) mass is 374 g/mol. The Hall–Kier alpha value is -1.89. The molecule has 1 aromatic heterocycles. The zero-order valence-corrected chi connectivity index (χ0v) is 16.0. The van der Waals surface area contributed by atoms with Gasteiger partial charge in [0, 0.05) is 26.1 Å². The van der Waals surface area contributed by atoms with Crippen molar-refractivity contribution in [3.05, 3.63) is 52.2 Å². The van der Waals surface area contributed by atoms with Crippen LogP contribution in [0.15, 0.2) is 41.1 Å². The minimum Gasteiger partial charge on any atom is -0.497 e. The first-order valence-electron chi connectivity index (χ1n) is 9.00. The minimum atomic E-state index is 0.1000. The Balaban J connectivity index is 1.59. The normalized spacial score (nSPS) is 16.2. The van der Waals surface area contributed by atoms with E-state index in [1.807, 2.05) is 17.5 Å². The van der Waals surface area contributed by atoms with Crippen molar-refractivity contribution >= 4 is 17.2 Å². The minimum absolute atomic E-state index is 0.1000. The van der Waals surface area contributed by atoms with Gasteiger partial charge in [0.15, 0.2) is 0 Å². The van der Waals surface area contributed by atoms with Crippen LogP contribution in [0.2, 0.25) is 0 Å². The van der Waals surface area contributed by atoms with Gasteiger partial charge in [0.1, 0.15) is 5.75 Å². The van der Waals surface area contributed by atoms with Gasteiger partial charge in [-0.25, -0.2) is 0 Å². The second kappa shape index (κ2) is 9.71. The number of amides is 1. The lowest BCUT2D eigenvalue weighted by molar-refractivity contribution is -0.121. The van der Waals surface area contributed by atoms with Crippen LogP contribution < -0.4 is 10.1 Å². The maximum atomic E-state index is 12.3. The number of nitrogens with zero attached hydrogens (tertiary/aromatic N) is 1. The van der Waals surface area contributed by atoms with Crippen molar-refractivity contribution in [1.82, 2.24) is 10.2 Å². The molecule has 0 unspecified atom stereocenters. The summed E-state index contributed by atoms with van der Waals surface area (Å²) in [5, 5.41) is 7.27. The fourth-order valence-electron chi connectivity index (χ4n) is 3.16. The largest absolute Gasteiger partial charge is 0.497 e. The number of morpholine rings is 1. The van der Waals surface area contributed by atoms with Crippen LogP contribution in [0, 0.1) is 0 Å². The van der Waals surface area contributed by atoms with Gasteiger partial charge in [-0.05, 0) is 46.5 Å². The summed E-state index contributed by atoms with van der Waals surface area (Å²) < 4.78 is 10.7. The standard InChI is InChI=1S/C20H26N2O3S/c1-24-18-5-3-17(4-6-18)19(22-9-11-25-12-10-22)14-21-20(23)7-2-16-8-13-26-15-16/h3-6,8,13,15,19H,2,7,9-12,14H2,1H3,(H,21,23)/t19-/m1/s1.